The summed E-state index contributed by atoms with van der Waals surface area (Å²) in [6.45, 7) is 0. The van der Waals surface area contributed by atoms with Crippen LogP contribution in [0.15, 0.2) is 0 Å². The maximum absolute atomic E-state index is 0. The van der Waals surface area contributed by atoms with Crippen molar-refractivity contribution in [1.82, 2.24) is 0 Å². The molecule has 0 heterocycles. The first-order valence-electron chi connectivity index (χ1n) is 0. The van der Waals surface area contributed by atoms with Gasteiger partial charge in [0.15, 0.2) is 0 Å². The average molecular weight is 348 g/mol. The van der Waals surface area contributed by atoms with Gasteiger partial charge in [-0.15, -0.1) is 0 Å². The molecule has 0 aromatic rings. The molecule has 6 heavy (non-hydrogen) atoms. The Labute approximate surface area is 126 Å². The second-order valence-corrected chi connectivity index (χ2v) is 0. The van der Waals surface area contributed by atoms with Crippen molar-refractivity contribution in [2.24, 2.45) is 0 Å². The van der Waals surface area contributed by atoms with Gasteiger partial charge in [-0.3, -0.25) is 0 Å². The van der Waals surface area contributed by atoms with Gasteiger partial charge in [-0.2, -0.15) is 0 Å². The normalized spacial score (nSPS) is 0. The summed E-state index contributed by atoms with van der Waals surface area (Å²) in [5.41, 5.74) is 0. The molecule has 0 aliphatic heterocycles. The van der Waals surface area contributed by atoms with E-state index in [4.69, 9.17) is 0 Å². The van der Waals surface area contributed by atoms with E-state index in [-0.39, 0.29) is 129 Å². The maximum atomic E-state index is 0. The van der Waals surface area contributed by atoms with Crippen LogP contribution in [0, 0.1) is 0 Å². The predicted molar refractivity (Wildman–Crippen MR) is 12.2 cm³/mol. The molecule has 0 spiro atoms. The van der Waals surface area contributed by atoms with Crippen LogP contribution < -0.4 is 0 Å². The summed E-state index contributed by atoms with van der Waals surface area (Å²) in [4.78, 5) is 0. The van der Waals surface area contributed by atoms with Crippen LogP contribution in [-0.2, 0) is 57.0 Å². The first kappa shape index (κ1) is 51.9. The monoisotopic (exact) mass is 348 g/mol. The van der Waals surface area contributed by atoms with Crippen LogP contribution in [0.3, 0.4) is 0 Å². The van der Waals surface area contributed by atoms with Gasteiger partial charge in [-0.1, -0.05) is 0 Å². The van der Waals surface area contributed by atoms with Crippen LogP contribution in [0.5, 0.6) is 0 Å². The van der Waals surface area contributed by atoms with Gasteiger partial charge >= 0.3 is 123 Å². The van der Waals surface area contributed by atoms with E-state index < -0.39 is 0 Å². The molecule has 0 N–H and O–H groups in total. The standard InChI is InChI=1S/Ba.Cr.Cu.Mg.Mn.O/q+2;+3;3*+2;-2. The van der Waals surface area contributed by atoms with Crippen LogP contribution in [0.4, 0.5) is 0 Å². The molecule has 0 aromatic carbocycles. The Kier molecular flexibility index (Phi) is 317. The third kappa shape index (κ3) is 24.8. The van der Waals surface area contributed by atoms with Crippen molar-refractivity contribution in [1.29, 1.82) is 0 Å². The van der Waals surface area contributed by atoms with E-state index in [0.717, 1.165) is 0 Å². The average Bonchev–Trinajstić information content (AvgIpc) is 0. The summed E-state index contributed by atoms with van der Waals surface area (Å²) >= 11 is 0. The van der Waals surface area contributed by atoms with Gasteiger partial charge < -0.3 is 5.48 Å². The van der Waals surface area contributed by atoms with Crippen molar-refractivity contribution in [3.63, 3.8) is 0 Å². The van der Waals surface area contributed by atoms with E-state index in [2.05, 4.69) is 0 Å². The third-order valence-electron chi connectivity index (χ3n) is 0. The third-order valence-corrected chi connectivity index (χ3v) is 0. The maximum Gasteiger partial charge on any atom is 3.00 e. The quantitative estimate of drug-likeness (QED) is 0.509. The number of hydrogen-bond acceptors (Lipinski definition) is 0. The molecule has 1 nitrogen and oxygen atoms in total. The molecule has 0 aliphatic carbocycles. The Balaban J connectivity index is 0. The second-order valence-electron chi connectivity index (χ2n) is 0. The number of rotatable bonds is 0. The van der Waals surface area contributed by atoms with Crippen LogP contribution >= 0.6 is 0 Å². The van der Waals surface area contributed by atoms with E-state index in [1.165, 1.54) is 0 Å². The minimum absolute atomic E-state index is 0. The van der Waals surface area contributed by atoms with Crippen molar-refractivity contribution in [3.05, 3.63) is 0 Å². The summed E-state index contributed by atoms with van der Waals surface area (Å²) in [5.74, 6) is 0. The largest absolute Gasteiger partial charge is 3.00 e. The molecule has 0 unspecified atom stereocenters. The van der Waals surface area contributed by atoms with Gasteiger partial charge in [0.2, 0.25) is 0 Å². The molecule has 6 heteroatoms. The van der Waals surface area contributed by atoms with Gasteiger partial charge in [0, 0.05) is 0 Å². The van der Waals surface area contributed by atoms with Crippen LogP contribution in [0.2, 0.25) is 0 Å². The van der Waals surface area contributed by atoms with Gasteiger partial charge in [0.05, 0.1) is 0 Å². The Morgan fingerprint density at radius 2 is 1.00 bits per heavy atom. The molecule has 0 amide bonds. The molecular weight excluding hydrogens is 348 g/mol. The van der Waals surface area contributed by atoms with E-state index in [1.54, 1.807) is 0 Å². The SMILES string of the molecule is [Ba+2].[Cr+3].[Cu+2].[Mg+2].[Mn+2].[O-2]. The molecular formula is BaCrCuMgMnO+9. The second kappa shape index (κ2) is 36.7. The summed E-state index contributed by atoms with van der Waals surface area (Å²) in [6.07, 6.45) is 0. The molecule has 0 aromatic heterocycles. The van der Waals surface area contributed by atoms with Crippen LogP contribution in [-0.4, -0.2) is 71.9 Å². The zero-order valence-electron chi connectivity index (χ0n) is 2.91. The molecule has 0 fully saturated rings. The van der Waals surface area contributed by atoms with E-state index in [1.807, 2.05) is 0 Å². The molecule has 0 atom stereocenters. The van der Waals surface area contributed by atoms with Crippen molar-refractivity contribution in [3.8, 4) is 0 Å². The Hall–Kier alpha value is 3.87. The molecule has 0 saturated heterocycles. The van der Waals surface area contributed by atoms with Gasteiger partial charge in [-0.25, -0.2) is 0 Å². The molecule has 0 bridgehead atoms. The van der Waals surface area contributed by atoms with E-state index >= 15 is 0 Å². The number of hydrogen-bond donors (Lipinski definition) is 0. The summed E-state index contributed by atoms with van der Waals surface area (Å²) in [5, 5.41) is 0. The summed E-state index contributed by atoms with van der Waals surface area (Å²) in [6, 6.07) is 0. The van der Waals surface area contributed by atoms with Crippen LogP contribution in [0.1, 0.15) is 0 Å². The Morgan fingerprint density at radius 1 is 1.00 bits per heavy atom. The van der Waals surface area contributed by atoms with Gasteiger partial charge in [0.1, 0.15) is 0 Å². The Bertz CT molecular complexity index is 15.5. The molecule has 25 valence electrons. The first-order chi connectivity index (χ1) is 0. The van der Waals surface area contributed by atoms with Crippen molar-refractivity contribution < 1.29 is 57.0 Å². The topological polar surface area (TPSA) is 28.5 Å². The smallest absolute Gasteiger partial charge is 2.00 e. The predicted octanol–water partition coefficient (Wildman–Crippen LogP) is -0.888. The van der Waals surface area contributed by atoms with Crippen LogP contribution in [0.25, 0.3) is 0 Å². The Morgan fingerprint density at radius 3 is 1.00 bits per heavy atom. The molecule has 3 radical (unpaired) electrons. The molecule has 0 saturated carbocycles. The van der Waals surface area contributed by atoms with E-state index in [9.17, 15) is 0 Å². The fourth-order valence-electron chi connectivity index (χ4n) is 0. The molecule has 0 aliphatic rings. The first-order valence-corrected chi connectivity index (χ1v) is 0. The minimum Gasteiger partial charge on any atom is -2.00 e. The van der Waals surface area contributed by atoms with Crippen molar-refractivity contribution in [2.45, 2.75) is 0 Å². The zero-order valence-corrected chi connectivity index (χ0v) is 12.2. The van der Waals surface area contributed by atoms with Gasteiger partial charge in [0.25, 0.3) is 0 Å². The van der Waals surface area contributed by atoms with Crippen molar-refractivity contribution in [2.75, 3.05) is 0 Å². The van der Waals surface area contributed by atoms with Gasteiger partial charge in [-0.05, 0) is 0 Å². The summed E-state index contributed by atoms with van der Waals surface area (Å²) in [7, 11) is 0. The zero-order chi connectivity index (χ0) is 0. The minimum atomic E-state index is 0. The van der Waals surface area contributed by atoms with E-state index in [0.29, 0.717) is 0 Å². The summed E-state index contributed by atoms with van der Waals surface area (Å²) < 4.78 is 0. The molecule has 0 rings (SSSR count). The van der Waals surface area contributed by atoms with Crippen molar-refractivity contribution >= 4 is 71.9 Å². The fraction of sp³-hybridized carbons (Fsp3) is 0. The fourth-order valence-corrected chi connectivity index (χ4v) is 0.